The zero-order valence-corrected chi connectivity index (χ0v) is 10.0. The summed E-state index contributed by atoms with van der Waals surface area (Å²) in [6.45, 7) is 1.73. The highest BCUT2D eigenvalue weighted by atomic mass is 32.2. The number of nitrogens with two attached hydrogens (primary N) is 1. The molecular weight excluding hydrogens is 224 g/mol. The van der Waals surface area contributed by atoms with Gasteiger partial charge in [-0.25, -0.2) is 5.26 Å². The Hall–Kier alpha value is -0.750. The van der Waals surface area contributed by atoms with E-state index < -0.39 is 0 Å². The first kappa shape index (κ1) is 13.3. The topological polar surface area (TPSA) is 67.5 Å². The average Bonchev–Trinajstić information content (AvgIpc) is 2.31. The smallest absolute Gasteiger partial charge is 0.0679 e. The summed E-state index contributed by atoms with van der Waals surface area (Å²) in [5.41, 5.74) is 6.49. The summed E-state index contributed by atoms with van der Waals surface area (Å²) in [5, 5.41) is 11.6. The third-order valence-electron chi connectivity index (χ3n) is 2.20. The highest BCUT2D eigenvalue weighted by Crippen LogP contribution is 2.19. The van der Waals surface area contributed by atoms with Crippen LogP contribution in [0.2, 0.25) is 0 Å². The van der Waals surface area contributed by atoms with Gasteiger partial charge in [-0.1, -0.05) is 6.42 Å². The molecule has 0 radical (unpaired) electrons. The molecule has 16 heavy (non-hydrogen) atoms. The molecule has 0 bridgehead atoms. The third-order valence-corrected chi connectivity index (χ3v) is 2.74. The van der Waals surface area contributed by atoms with Crippen molar-refractivity contribution in [2.24, 2.45) is 5.73 Å². The molecule has 1 aromatic rings. The van der Waals surface area contributed by atoms with Gasteiger partial charge in [-0.3, -0.25) is 0 Å². The number of anilines is 1. The summed E-state index contributed by atoms with van der Waals surface area (Å²) in [4.78, 5) is 0.871. The zero-order valence-electron chi connectivity index (χ0n) is 9.19. The Labute approximate surface area is 100 Å². The Morgan fingerprint density at radius 1 is 1.19 bits per heavy atom. The van der Waals surface area contributed by atoms with Crippen molar-refractivity contribution in [3.8, 4) is 0 Å². The second kappa shape index (κ2) is 8.41. The predicted octanol–water partition coefficient (Wildman–Crippen LogP) is 2.72. The van der Waals surface area contributed by atoms with Gasteiger partial charge in [0.1, 0.15) is 0 Å². The lowest BCUT2D eigenvalue weighted by molar-refractivity contribution is -0.116. The van der Waals surface area contributed by atoms with Crippen LogP contribution >= 0.6 is 12.0 Å². The highest BCUT2D eigenvalue weighted by Gasteiger charge is 1.95. The monoisotopic (exact) mass is 242 g/mol. The molecule has 4 N–H and O–H groups in total. The maximum Gasteiger partial charge on any atom is 0.0679 e. The van der Waals surface area contributed by atoms with E-state index in [1.807, 2.05) is 24.3 Å². The van der Waals surface area contributed by atoms with Gasteiger partial charge in [0, 0.05) is 17.1 Å². The molecular formula is C11H18N2O2S. The molecule has 0 saturated carbocycles. The molecule has 0 aliphatic carbocycles. The predicted molar refractivity (Wildman–Crippen MR) is 67.4 cm³/mol. The van der Waals surface area contributed by atoms with Gasteiger partial charge in [0.2, 0.25) is 0 Å². The summed E-state index contributed by atoms with van der Waals surface area (Å²) in [7, 11) is 0. The minimum atomic E-state index is 0.771. The SMILES string of the molecule is NCCCCCNc1ccc(SOO)cc1. The van der Waals surface area contributed by atoms with Gasteiger partial charge < -0.3 is 11.1 Å². The first-order chi connectivity index (χ1) is 7.86. The number of rotatable bonds is 8. The van der Waals surface area contributed by atoms with E-state index in [4.69, 9.17) is 11.0 Å². The Kier molecular flexibility index (Phi) is 7.00. The van der Waals surface area contributed by atoms with Gasteiger partial charge in [0.05, 0.1) is 12.0 Å². The molecule has 0 heterocycles. The van der Waals surface area contributed by atoms with Gasteiger partial charge in [-0.15, -0.1) is 0 Å². The van der Waals surface area contributed by atoms with E-state index in [0.717, 1.165) is 55.0 Å². The lowest BCUT2D eigenvalue weighted by Crippen LogP contribution is -2.03. The first-order valence-corrected chi connectivity index (χ1v) is 6.13. The lowest BCUT2D eigenvalue weighted by Gasteiger charge is -2.06. The van der Waals surface area contributed by atoms with E-state index in [1.165, 1.54) is 0 Å². The van der Waals surface area contributed by atoms with E-state index in [0.29, 0.717) is 0 Å². The molecule has 0 aliphatic rings. The summed E-state index contributed by atoms with van der Waals surface area (Å²) in [5.74, 6) is 0. The third kappa shape index (κ3) is 5.37. The van der Waals surface area contributed by atoms with Crippen LogP contribution in [-0.2, 0) is 4.33 Å². The molecule has 1 aromatic carbocycles. The van der Waals surface area contributed by atoms with Crippen LogP contribution in [-0.4, -0.2) is 18.3 Å². The number of hydrogen-bond donors (Lipinski definition) is 3. The average molecular weight is 242 g/mol. The molecule has 0 atom stereocenters. The Bertz CT molecular complexity index is 280. The van der Waals surface area contributed by atoms with Crippen LogP contribution in [0.15, 0.2) is 29.2 Å². The van der Waals surface area contributed by atoms with Gasteiger partial charge in [0.25, 0.3) is 0 Å². The quantitative estimate of drug-likeness (QED) is 0.283. The Balaban J connectivity index is 2.21. The maximum atomic E-state index is 8.25. The van der Waals surface area contributed by atoms with Gasteiger partial charge >= 0.3 is 0 Å². The van der Waals surface area contributed by atoms with Crippen molar-refractivity contribution in [1.82, 2.24) is 0 Å². The van der Waals surface area contributed by atoms with Crippen molar-refractivity contribution in [2.45, 2.75) is 24.2 Å². The van der Waals surface area contributed by atoms with Crippen molar-refractivity contribution in [3.63, 3.8) is 0 Å². The Morgan fingerprint density at radius 3 is 2.56 bits per heavy atom. The van der Waals surface area contributed by atoms with Crippen molar-refractivity contribution < 1.29 is 9.59 Å². The summed E-state index contributed by atoms with van der Waals surface area (Å²) >= 11 is 0.933. The van der Waals surface area contributed by atoms with Crippen molar-refractivity contribution in [3.05, 3.63) is 24.3 Å². The second-order valence-corrected chi connectivity index (χ2v) is 4.25. The number of benzene rings is 1. The molecule has 1 rings (SSSR count). The standard InChI is InChI=1S/C11H18N2O2S/c12-8-2-1-3-9-13-10-4-6-11(7-5-10)16-15-14/h4-7,13-14H,1-3,8-9,12H2. The second-order valence-electron chi connectivity index (χ2n) is 3.46. The summed E-state index contributed by atoms with van der Waals surface area (Å²) in [6.07, 6.45) is 3.38. The van der Waals surface area contributed by atoms with Crippen molar-refractivity contribution in [1.29, 1.82) is 0 Å². The minimum absolute atomic E-state index is 0.771. The molecule has 0 aromatic heterocycles. The van der Waals surface area contributed by atoms with E-state index in [-0.39, 0.29) is 0 Å². The minimum Gasteiger partial charge on any atom is -0.385 e. The van der Waals surface area contributed by atoms with E-state index in [2.05, 4.69) is 9.65 Å². The summed E-state index contributed by atoms with van der Waals surface area (Å²) in [6, 6.07) is 7.71. The molecule has 0 saturated heterocycles. The van der Waals surface area contributed by atoms with E-state index in [9.17, 15) is 0 Å². The largest absolute Gasteiger partial charge is 0.385 e. The van der Waals surface area contributed by atoms with Crippen LogP contribution in [0.25, 0.3) is 0 Å². The molecule has 4 nitrogen and oxygen atoms in total. The molecule has 5 heteroatoms. The van der Waals surface area contributed by atoms with Crippen LogP contribution in [0.5, 0.6) is 0 Å². The van der Waals surface area contributed by atoms with Crippen LogP contribution in [0.3, 0.4) is 0 Å². The number of nitrogens with one attached hydrogen (secondary N) is 1. The zero-order chi connectivity index (χ0) is 11.6. The van der Waals surface area contributed by atoms with Gasteiger partial charge in [-0.2, -0.15) is 4.33 Å². The maximum absolute atomic E-state index is 8.25. The number of unbranched alkanes of at least 4 members (excludes halogenated alkanes) is 2. The van der Waals surface area contributed by atoms with E-state index in [1.54, 1.807) is 0 Å². The molecule has 90 valence electrons. The fourth-order valence-electron chi connectivity index (χ4n) is 1.35. The lowest BCUT2D eigenvalue weighted by atomic mass is 10.2. The van der Waals surface area contributed by atoms with Gasteiger partial charge in [0.15, 0.2) is 0 Å². The normalized spacial score (nSPS) is 10.4. The number of hydrogen-bond acceptors (Lipinski definition) is 5. The first-order valence-electron chi connectivity index (χ1n) is 5.39. The fraction of sp³-hybridized carbons (Fsp3) is 0.455. The molecule has 0 amide bonds. The van der Waals surface area contributed by atoms with Crippen LogP contribution in [0.4, 0.5) is 5.69 Å². The van der Waals surface area contributed by atoms with Crippen LogP contribution in [0, 0.1) is 0 Å². The molecule has 0 fully saturated rings. The molecule has 0 aliphatic heterocycles. The van der Waals surface area contributed by atoms with Gasteiger partial charge in [-0.05, 0) is 43.7 Å². The summed E-state index contributed by atoms with van der Waals surface area (Å²) < 4.78 is 3.98. The highest BCUT2D eigenvalue weighted by molar-refractivity contribution is 7.94. The van der Waals surface area contributed by atoms with E-state index >= 15 is 0 Å². The van der Waals surface area contributed by atoms with Crippen LogP contribution < -0.4 is 11.1 Å². The van der Waals surface area contributed by atoms with Crippen molar-refractivity contribution in [2.75, 3.05) is 18.4 Å². The Morgan fingerprint density at radius 2 is 1.94 bits per heavy atom. The molecule has 0 unspecified atom stereocenters. The fourth-order valence-corrected chi connectivity index (χ4v) is 1.68. The van der Waals surface area contributed by atoms with Crippen LogP contribution in [0.1, 0.15) is 19.3 Å². The van der Waals surface area contributed by atoms with Crippen molar-refractivity contribution >= 4 is 17.7 Å². The molecule has 0 spiro atoms.